The van der Waals surface area contributed by atoms with Crippen LogP contribution in [0.2, 0.25) is 0 Å². The first-order valence-corrected chi connectivity index (χ1v) is 6.58. The van der Waals surface area contributed by atoms with E-state index in [1.807, 2.05) is 10.9 Å². The van der Waals surface area contributed by atoms with E-state index in [9.17, 15) is 0 Å². The lowest BCUT2D eigenvalue weighted by Crippen LogP contribution is -2.38. The summed E-state index contributed by atoms with van der Waals surface area (Å²) in [6, 6.07) is 0.430. The van der Waals surface area contributed by atoms with Gasteiger partial charge in [-0.2, -0.15) is 5.10 Å². The standard InChI is InChI=1S/C13H23N3O/c1-11-7-15-16(9-11)10-12(2)14-8-13-5-3-4-6-17-13/h7,9,12-14H,3-6,8,10H2,1-2H3/t12-,13+/m0/s1. The third-order valence-electron chi connectivity index (χ3n) is 3.19. The molecule has 0 amide bonds. The smallest absolute Gasteiger partial charge is 0.0699 e. The lowest BCUT2D eigenvalue weighted by Gasteiger charge is -2.24. The summed E-state index contributed by atoms with van der Waals surface area (Å²) in [5.41, 5.74) is 1.22. The van der Waals surface area contributed by atoms with Crippen LogP contribution in [-0.2, 0) is 11.3 Å². The average molecular weight is 237 g/mol. The van der Waals surface area contributed by atoms with Crippen molar-refractivity contribution in [3.63, 3.8) is 0 Å². The molecule has 1 aliphatic heterocycles. The highest BCUT2D eigenvalue weighted by atomic mass is 16.5. The minimum Gasteiger partial charge on any atom is -0.377 e. The van der Waals surface area contributed by atoms with Crippen LogP contribution in [0.1, 0.15) is 31.7 Å². The Morgan fingerprint density at radius 2 is 2.47 bits per heavy atom. The van der Waals surface area contributed by atoms with Gasteiger partial charge in [-0.15, -0.1) is 0 Å². The van der Waals surface area contributed by atoms with Crippen LogP contribution in [0.3, 0.4) is 0 Å². The summed E-state index contributed by atoms with van der Waals surface area (Å²) >= 11 is 0. The Morgan fingerprint density at radius 1 is 1.59 bits per heavy atom. The normalized spacial score (nSPS) is 22.6. The Kier molecular flexibility index (Phi) is 4.57. The van der Waals surface area contributed by atoms with E-state index in [0.29, 0.717) is 12.1 Å². The maximum absolute atomic E-state index is 5.70. The van der Waals surface area contributed by atoms with E-state index in [2.05, 4.69) is 30.5 Å². The van der Waals surface area contributed by atoms with Crippen molar-refractivity contribution >= 4 is 0 Å². The van der Waals surface area contributed by atoms with Gasteiger partial charge in [0.1, 0.15) is 0 Å². The van der Waals surface area contributed by atoms with Crippen LogP contribution in [0.15, 0.2) is 12.4 Å². The molecular weight excluding hydrogens is 214 g/mol. The number of nitrogens with one attached hydrogen (secondary N) is 1. The van der Waals surface area contributed by atoms with Crippen LogP contribution in [0, 0.1) is 6.92 Å². The average Bonchev–Trinajstić information content (AvgIpc) is 2.73. The number of ether oxygens (including phenoxy) is 1. The fraction of sp³-hybridized carbons (Fsp3) is 0.769. The van der Waals surface area contributed by atoms with Crippen LogP contribution >= 0.6 is 0 Å². The summed E-state index contributed by atoms with van der Waals surface area (Å²) < 4.78 is 7.69. The zero-order valence-corrected chi connectivity index (χ0v) is 10.9. The molecule has 17 heavy (non-hydrogen) atoms. The Labute approximate surface area is 103 Å². The van der Waals surface area contributed by atoms with Crippen molar-refractivity contribution in [1.29, 1.82) is 0 Å². The maximum Gasteiger partial charge on any atom is 0.0699 e. The molecule has 1 aromatic rings. The molecule has 2 rings (SSSR count). The monoisotopic (exact) mass is 237 g/mol. The van der Waals surface area contributed by atoms with E-state index in [4.69, 9.17) is 4.74 Å². The van der Waals surface area contributed by atoms with Crippen LogP contribution in [0.25, 0.3) is 0 Å². The highest BCUT2D eigenvalue weighted by molar-refractivity contribution is 4.99. The van der Waals surface area contributed by atoms with E-state index in [1.165, 1.54) is 24.8 Å². The second-order valence-electron chi connectivity index (χ2n) is 5.04. The van der Waals surface area contributed by atoms with Gasteiger partial charge in [0, 0.05) is 25.4 Å². The summed E-state index contributed by atoms with van der Waals surface area (Å²) in [7, 11) is 0. The molecule has 1 aromatic heterocycles. The summed E-state index contributed by atoms with van der Waals surface area (Å²) in [6.07, 6.45) is 8.11. The molecule has 0 spiro atoms. The molecule has 0 bridgehead atoms. The van der Waals surface area contributed by atoms with Crippen LogP contribution in [0.4, 0.5) is 0 Å². The van der Waals surface area contributed by atoms with Gasteiger partial charge in [0.2, 0.25) is 0 Å². The fourth-order valence-corrected chi connectivity index (χ4v) is 2.21. The molecule has 1 aliphatic rings. The first kappa shape index (κ1) is 12.6. The lowest BCUT2D eigenvalue weighted by atomic mass is 10.1. The van der Waals surface area contributed by atoms with Crippen molar-refractivity contribution < 1.29 is 4.74 Å². The second kappa shape index (κ2) is 6.17. The number of aryl methyl sites for hydroxylation is 1. The van der Waals surface area contributed by atoms with Crippen molar-refractivity contribution in [2.24, 2.45) is 0 Å². The van der Waals surface area contributed by atoms with Crippen molar-refractivity contribution in [2.45, 2.75) is 51.8 Å². The van der Waals surface area contributed by atoms with Gasteiger partial charge < -0.3 is 10.1 Å². The number of rotatable bonds is 5. The predicted molar refractivity (Wildman–Crippen MR) is 68.0 cm³/mol. The largest absolute Gasteiger partial charge is 0.377 e. The van der Waals surface area contributed by atoms with Crippen molar-refractivity contribution in [1.82, 2.24) is 15.1 Å². The van der Waals surface area contributed by atoms with Gasteiger partial charge in [0.15, 0.2) is 0 Å². The van der Waals surface area contributed by atoms with E-state index < -0.39 is 0 Å². The van der Waals surface area contributed by atoms with Gasteiger partial charge in [-0.1, -0.05) is 0 Å². The topological polar surface area (TPSA) is 39.1 Å². The van der Waals surface area contributed by atoms with Gasteiger partial charge in [0.25, 0.3) is 0 Å². The molecule has 4 nitrogen and oxygen atoms in total. The maximum atomic E-state index is 5.70. The second-order valence-corrected chi connectivity index (χ2v) is 5.04. The number of aromatic nitrogens is 2. The van der Waals surface area contributed by atoms with Gasteiger partial charge in [-0.25, -0.2) is 0 Å². The lowest BCUT2D eigenvalue weighted by molar-refractivity contribution is 0.0153. The quantitative estimate of drug-likeness (QED) is 0.848. The van der Waals surface area contributed by atoms with Crippen molar-refractivity contribution in [3.8, 4) is 0 Å². The summed E-state index contributed by atoms with van der Waals surface area (Å²) in [5, 5.41) is 7.82. The Morgan fingerprint density at radius 3 is 3.12 bits per heavy atom. The van der Waals surface area contributed by atoms with E-state index >= 15 is 0 Å². The highest BCUT2D eigenvalue weighted by Crippen LogP contribution is 2.11. The van der Waals surface area contributed by atoms with Gasteiger partial charge in [-0.05, 0) is 38.7 Å². The van der Waals surface area contributed by atoms with E-state index in [-0.39, 0.29) is 0 Å². The van der Waals surface area contributed by atoms with Crippen LogP contribution < -0.4 is 5.32 Å². The number of hydrogen-bond donors (Lipinski definition) is 1. The van der Waals surface area contributed by atoms with Crippen molar-refractivity contribution in [3.05, 3.63) is 18.0 Å². The molecular formula is C13H23N3O. The molecule has 96 valence electrons. The van der Waals surface area contributed by atoms with Gasteiger partial charge >= 0.3 is 0 Å². The minimum atomic E-state index is 0.408. The summed E-state index contributed by atoms with van der Waals surface area (Å²) in [4.78, 5) is 0. The predicted octanol–water partition coefficient (Wildman–Crippen LogP) is 1.74. The zero-order valence-electron chi connectivity index (χ0n) is 10.9. The molecule has 1 N–H and O–H groups in total. The molecule has 0 radical (unpaired) electrons. The first-order valence-electron chi connectivity index (χ1n) is 6.58. The molecule has 0 aromatic carbocycles. The molecule has 0 aliphatic carbocycles. The van der Waals surface area contributed by atoms with Crippen LogP contribution in [0.5, 0.6) is 0 Å². The number of nitrogens with zero attached hydrogens (tertiary/aromatic N) is 2. The summed E-state index contributed by atoms with van der Waals surface area (Å²) in [6.45, 7) is 7.07. The molecule has 2 heterocycles. The van der Waals surface area contributed by atoms with Gasteiger partial charge in [0.05, 0.1) is 18.8 Å². The minimum absolute atomic E-state index is 0.408. The fourth-order valence-electron chi connectivity index (χ4n) is 2.21. The highest BCUT2D eigenvalue weighted by Gasteiger charge is 2.14. The van der Waals surface area contributed by atoms with Crippen molar-refractivity contribution in [2.75, 3.05) is 13.2 Å². The van der Waals surface area contributed by atoms with E-state index in [1.54, 1.807) is 0 Å². The molecule has 2 atom stereocenters. The first-order chi connectivity index (χ1) is 8.24. The third-order valence-corrected chi connectivity index (χ3v) is 3.19. The molecule has 1 saturated heterocycles. The Balaban J connectivity index is 1.68. The summed E-state index contributed by atoms with van der Waals surface area (Å²) in [5.74, 6) is 0. The SMILES string of the molecule is Cc1cnn(C[C@H](C)NC[C@H]2CCCCO2)c1. The zero-order chi connectivity index (χ0) is 12.1. The molecule has 0 saturated carbocycles. The third kappa shape index (κ3) is 4.13. The van der Waals surface area contributed by atoms with E-state index in [0.717, 1.165) is 19.7 Å². The Hall–Kier alpha value is -0.870. The molecule has 0 unspecified atom stereocenters. The molecule has 4 heteroatoms. The number of hydrogen-bond acceptors (Lipinski definition) is 3. The van der Waals surface area contributed by atoms with Gasteiger partial charge in [-0.3, -0.25) is 4.68 Å². The molecule has 1 fully saturated rings. The Bertz CT molecular complexity index is 331. The van der Waals surface area contributed by atoms with Crippen LogP contribution in [-0.4, -0.2) is 35.1 Å².